The van der Waals surface area contributed by atoms with Gasteiger partial charge in [0, 0.05) is 18.8 Å². The van der Waals surface area contributed by atoms with Crippen LogP contribution >= 0.6 is 11.6 Å². The van der Waals surface area contributed by atoms with Crippen LogP contribution in [0.3, 0.4) is 0 Å². The molecule has 7 heteroatoms. The van der Waals surface area contributed by atoms with Crippen LogP contribution in [0.4, 0.5) is 0 Å². The average Bonchev–Trinajstić information content (AvgIpc) is 2.48. The van der Waals surface area contributed by atoms with Crippen LogP contribution in [0.15, 0.2) is 12.4 Å². The minimum absolute atomic E-state index is 0. The van der Waals surface area contributed by atoms with E-state index in [1.165, 1.54) is 17.1 Å². The molecule has 0 spiro atoms. The molecule has 2 aromatic heterocycles. The normalized spacial score (nSPS) is 10.0. The Balaban J connectivity index is 0.00000112. The predicted octanol–water partition coefficient (Wildman–Crippen LogP) is -3.01. The summed E-state index contributed by atoms with van der Waals surface area (Å²) in [5.74, 6) is -1.34. The SMILES string of the molecule is Cn1ncc2ncc(C(=O)[O-])c(Cl)c21.[Li+]. The van der Waals surface area contributed by atoms with Gasteiger partial charge in [-0.3, -0.25) is 9.67 Å². The van der Waals surface area contributed by atoms with E-state index in [9.17, 15) is 9.90 Å². The van der Waals surface area contributed by atoms with Crippen LogP contribution in [0.2, 0.25) is 5.02 Å². The number of hydrogen-bond acceptors (Lipinski definition) is 4. The fourth-order valence-corrected chi connectivity index (χ4v) is 1.58. The number of carbonyl (C=O) groups excluding carboxylic acids is 1. The number of carboxylic acid groups (broad SMARTS) is 1. The van der Waals surface area contributed by atoms with Crippen LogP contribution < -0.4 is 24.0 Å². The molecule has 0 radical (unpaired) electrons. The number of carboxylic acids is 1. The molecule has 0 N–H and O–H groups in total. The summed E-state index contributed by atoms with van der Waals surface area (Å²) in [5.41, 5.74) is 0.929. The van der Waals surface area contributed by atoms with Crippen molar-refractivity contribution >= 4 is 28.6 Å². The van der Waals surface area contributed by atoms with Gasteiger partial charge in [0.15, 0.2) is 0 Å². The first-order valence-corrected chi connectivity index (χ1v) is 4.16. The van der Waals surface area contributed by atoms with Crippen LogP contribution in [0.25, 0.3) is 11.0 Å². The first-order chi connectivity index (χ1) is 6.61. The molecule has 0 atom stereocenters. The number of hydrogen-bond donors (Lipinski definition) is 0. The summed E-state index contributed by atoms with van der Waals surface area (Å²) >= 11 is 5.86. The van der Waals surface area contributed by atoms with Gasteiger partial charge in [-0.05, 0) is 0 Å². The van der Waals surface area contributed by atoms with Gasteiger partial charge in [-0.15, -0.1) is 0 Å². The van der Waals surface area contributed by atoms with E-state index >= 15 is 0 Å². The Morgan fingerprint density at radius 3 is 2.80 bits per heavy atom. The van der Waals surface area contributed by atoms with Crippen molar-refractivity contribution in [2.24, 2.45) is 7.05 Å². The molecule has 0 unspecified atom stereocenters. The molecule has 2 heterocycles. The first kappa shape index (κ1) is 12.0. The van der Waals surface area contributed by atoms with Crippen molar-refractivity contribution in [1.29, 1.82) is 0 Å². The number of nitrogens with zero attached hydrogens (tertiary/aromatic N) is 3. The second-order valence-corrected chi connectivity index (χ2v) is 3.15. The van der Waals surface area contributed by atoms with E-state index in [0.717, 1.165) is 0 Å². The van der Waals surface area contributed by atoms with Crippen molar-refractivity contribution in [3.8, 4) is 0 Å². The zero-order chi connectivity index (χ0) is 10.3. The van der Waals surface area contributed by atoms with Crippen molar-refractivity contribution in [3.05, 3.63) is 23.0 Å². The van der Waals surface area contributed by atoms with Crippen molar-refractivity contribution in [1.82, 2.24) is 14.8 Å². The van der Waals surface area contributed by atoms with Crippen LogP contribution in [-0.2, 0) is 7.05 Å². The molecule has 0 aliphatic heterocycles. The van der Waals surface area contributed by atoms with Crippen LogP contribution in [-0.4, -0.2) is 20.7 Å². The molecule has 0 aliphatic rings. The van der Waals surface area contributed by atoms with E-state index in [1.54, 1.807) is 7.05 Å². The number of aromatic nitrogens is 3. The zero-order valence-electron chi connectivity index (χ0n) is 8.19. The Morgan fingerprint density at radius 1 is 1.53 bits per heavy atom. The van der Waals surface area contributed by atoms with Crippen LogP contribution in [0.1, 0.15) is 10.4 Å². The fraction of sp³-hybridized carbons (Fsp3) is 0.125. The van der Waals surface area contributed by atoms with Crippen molar-refractivity contribution in [2.75, 3.05) is 0 Å². The maximum absolute atomic E-state index is 10.6. The van der Waals surface area contributed by atoms with E-state index in [1.807, 2.05) is 0 Å². The largest absolute Gasteiger partial charge is 1.00 e. The van der Waals surface area contributed by atoms with E-state index in [0.29, 0.717) is 11.0 Å². The molecule has 0 aliphatic carbocycles. The third kappa shape index (κ3) is 1.86. The molecule has 0 aromatic carbocycles. The summed E-state index contributed by atoms with van der Waals surface area (Å²) in [6.45, 7) is 0. The molecule has 2 rings (SSSR count). The monoisotopic (exact) mass is 217 g/mol. The summed E-state index contributed by atoms with van der Waals surface area (Å²) < 4.78 is 1.47. The number of pyridine rings is 1. The summed E-state index contributed by atoms with van der Waals surface area (Å²) in [5, 5.41) is 14.7. The van der Waals surface area contributed by atoms with Gasteiger partial charge >= 0.3 is 18.9 Å². The molecule has 0 amide bonds. The quantitative estimate of drug-likeness (QED) is 0.477. The molecule has 15 heavy (non-hydrogen) atoms. The average molecular weight is 218 g/mol. The van der Waals surface area contributed by atoms with Gasteiger partial charge in [-0.1, -0.05) is 11.6 Å². The van der Waals surface area contributed by atoms with E-state index in [-0.39, 0.29) is 29.4 Å². The molecule has 5 nitrogen and oxygen atoms in total. The minimum atomic E-state index is -1.34. The molecule has 0 saturated heterocycles. The minimum Gasteiger partial charge on any atom is -0.545 e. The maximum atomic E-state index is 10.6. The van der Waals surface area contributed by atoms with Crippen molar-refractivity contribution < 1.29 is 28.8 Å². The summed E-state index contributed by atoms with van der Waals surface area (Å²) in [4.78, 5) is 14.5. The Hall–Kier alpha value is -1.02. The van der Waals surface area contributed by atoms with Crippen LogP contribution in [0, 0.1) is 0 Å². The second-order valence-electron chi connectivity index (χ2n) is 2.78. The van der Waals surface area contributed by atoms with E-state index in [2.05, 4.69) is 10.1 Å². The Kier molecular flexibility index (Phi) is 3.40. The summed E-state index contributed by atoms with van der Waals surface area (Å²) in [6, 6.07) is 0. The number of aromatic carboxylic acids is 1. The number of aryl methyl sites for hydroxylation is 1. The van der Waals surface area contributed by atoms with Gasteiger partial charge in [0.2, 0.25) is 0 Å². The maximum Gasteiger partial charge on any atom is 1.00 e. The standard InChI is InChI=1S/C8H6ClN3O2.Li/c1-12-7-5(3-11-12)10-2-4(6(7)9)8(13)14;/h2-3H,1H3,(H,13,14);/q;+1/p-1. The predicted molar refractivity (Wildman–Crippen MR) is 47.8 cm³/mol. The topological polar surface area (TPSA) is 70.8 Å². The molecule has 72 valence electrons. The van der Waals surface area contributed by atoms with Crippen molar-refractivity contribution in [3.63, 3.8) is 0 Å². The van der Waals surface area contributed by atoms with Gasteiger partial charge in [0.25, 0.3) is 0 Å². The van der Waals surface area contributed by atoms with Gasteiger partial charge in [-0.2, -0.15) is 5.10 Å². The Morgan fingerprint density at radius 2 is 2.20 bits per heavy atom. The number of carbonyl (C=O) groups is 1. The molecular weight excluding hydrogens is 213 g/mol. The van der Waals surface area contributed by atoms with E-state index in [4.69, 9.17) is 11.6 Å². The van der Waals surface area contributed by atoms with E-state index < -0.39 is 5.97 Å². The Labute approximate surface area is 102 Å². The fourth-order valence-electron chi connectivity index (χ4n) is 1.24. The second kappa shape index (κ2) is 4.23. The zero-order valence-corrected chi connectivity index (χ0v) is 8.95. The molecule has 0 saturated carbocycles. The van der Waals surface area contributed by atoms with Gasteiger partial charge in [0.05, 0.1) is 17.2 Å². The summed E-state index contributed by atoms with van der Waals surface area (Å²) in [7, 11) is 1.66. The van der Waals surface area contributed by atoms with Gasteiger partial charge in [0.1, 0.15) is 11.0 Å². The third-order valence-electron chi connectivity index (χ3n) is 1.92. The third-order valence-corrected chi connectivity index (χ3v) is 2.30. The Bertz CT molecular complexity index is 526. The number of fused-ring (bicyclic) bond motifs is 1. The number of halogens is 1. The summed E-state index contributed by atoms with van der Waals surface area (Å²) in [6.07, 6.45) is 2.68. The molecule has 0 fully saturated rings. The van der Waals surface area contributed by atoms with Crippen LogP contribution in [0.5, 0.6) is 0 Å². The van der Waals surface area contributed by atoms with Crippen molar-refractivity contribution in [2.45, 2.75) is 0 Å². The molecule has 2 aromatic rings. The van der Waals surface area contributed by atoms with Gasteiger partial charge in [-0.25, -0.2) is 0 Å². The van der Waals surface area contributed by atoms with Gasteiger partial charge < -0.3 is 9.90 Å². The molecular formula is C8H5ClLiN3O2. The number of rotatable bonds is 1. The smallest absolute Gasteiger partial charge is 0.545 e. The first-order valence-electron chi connectivity index (χ1n) is 3.79. The molecule has 0 bridgehead atoms.